The number of unbranched alkanes of at least 4 members (excludes halogenated alkanes) is 16. The summed E-state index contributed by atoms with van der Waals surface area (Å²) in [7, 11) is 0. The fraction of sp³-hybridized carbons (Fsp3) is 0.629. The largest absolute Gasteiger partial charge is 0.494 e. The molecular formula is C35H54N2O. The summed E-state index contributed by atoms with van der Waals surface area (Å²) >= 11 is 0. The van der Waals surface area contributed by atoms with Crippen LogP contribution in [-0.4, -0.2) is 13.2 Å². The first-order valence-electron chi connectivity index (χ1n) is 15.8. The van der Waals surface area contributed by atoms with E-state index in [9.17, 15) is 0 Å². The number of anilines is 1. The van der Waals surface area contributed by atoms with Crippen molar-refractivity contribution in [1.82, 2.24) is 0 Å². The first-order chi connectivity index (χ1) is 18.8. The molecule has 2 aromatic carbocycles. The van der Waals surface area contributed by atoms with Crippen LogP contribution in [0, 0.1) is 11.3 Å². The fourth-order valence-electron chi connectivity index (χ4n) is 4.94. The van der Waals surface area contributed by atoms with Crippen LogP contribution in [0.2, 0.25) is 0 Å². The third kappa shape index (κ3) is 16.4. The van der Waals surface area contributed by atoms with E-state index in [1.165, 1.54) is 128 Å². The molecule has 0 atom stereocenters. The van der Waals surface area contributed by atoms with E-state index in [0.717, 1.165) is 30.2 Å². The highest BCUT2D eigenvalue weighted by molar-refractivity contribution is 5.47. The van der Waals surface area contributed by atoms with Gasteiger partial charge in [0.1, 0.15) is 5.75 Å². The van der Waals surface area contributed by atoms with Gasteiger partial charge in [0, 0.05) is 12.2 Å². The average molecular weight is 519 g/mol. The van der Waals surface area contributed by atoms with Crippen LogP contribution >= 0.6 is 0 Å². The Balaban J connectivity index is 1.33. The number of ether oxygens (including phenoxy) is 1. The predicted octanol–water partition coefficient (Wildman–Crippen LogP) is 10.6. The van der Waals surface area contributed by atoms with Gasteiger partial charge in [-0.1, -0.05) is 115 Å². The van der Waals surface area contributed by atoms with Crippen molar-refractivity contribution in [2.75, 3.05) is 18.5 Å². The maximum Gasteiger partial charge on any atom is 0.119 e. The Morgan fingerprint density at radius 1 is 0.605 bits per heavy atom. The number of nitrogens with zero attached hydrogens (tertiary/aromatic N) is 1. The molecule has 0 unspecified atom stereocenters. The fourth-order valence-corrected chi connectivity index (χ4v) is 4.94. The molecular weight excluding hydrogens is 464 g/mol. The number of nitriles is 1. The number of rotatable bonds is 24. The summed E-state index contributed by atoms with van der Waals surface area (Å²) in [6.07, 6.45) is 25.3. The Labute approximate surface area is 234 Å². The number of aryl methyl sites for hydroxylation is 1. The lowest BCUT2D eigenvalue weighted by Crippen LogP contribution is -2.01. The highest BCUT2D eigenvalue weighted by Crippen LogP contribution is 2.17. The molecule has 0 radical (unpaired) electrons. The van der Waals surface area contributed by atoms with Crippen molar-refractivity contribution in [2.24, 2.45) is 0 Å². The van der Waals surface area contributed by atoms with Gasteiger partial charge < -0.3 is 10.1 Å². The minimum Gasteiger partial charge on any atom is -0.494 e. The van der Waals surface area contributed by atoms with E-state index >= 15 is 0 Å². The number of nitrogens with one attached hydrogen (secondary N) is 1. The summed E-state index contributed by atoms with van der Waals surface area (Å²) in [5.74, 6) is 1.03. The molecule has 1 N–H and O–H groups in total. The Kier molecular flexibility index (Phi) is 18.8. The zero-order valence-electron chi connectivity index (χ0n) is 24.3. The molecule has 0 saturated heterocycles. The summed E-state index contributed by atoms with van der Waals surface area (Å²) in [5.41, 5.74) is 3.27. The van der Waals surface area contributed by atoms with Gasteiger partial charge in [-0.05, 0) is 67.6 Å². The van der Waals surface area contributed by atoms with Crippen LogP contribution in [0.1, 0.15) is 134 Å². The van der Waals surface area contributed by atoms with Crippen molar-refractivity contribution in [3.05, 3.63) is 59.7 Å². The third-order valence-electron chi connectivity index (χ3n) is 7.43. The molecule has 0 amide bonds. The SMILES string of the molecule is CCCCCCCCCCOc1ccc(CCCCCCCCCCCCNc2ccc(C#N)cc2)cc1. The van der Waals surface area contributed by atoms with E-state index in [1.807, 2.05) is 24.3 Å². The number of hydrogen-bond acceptors (Lipinski definition) is 3. The van der Waals surface area contributed by atoms with Crippen LogP contribution in [-0.2, 0) is 6.42 Å². The van der Waals surface area contributed by atoms with E-state index in [-0.39, 0.29) is 0 Å². The maximum absolute atomic E-state index is 8.85. The number of hydrogen-bond donors (Lipinski definition) is 1. The van der Waals surface area contributed by atoms with E-state index < -0.39 is 0 Å². The van der Waals surface area contributed by atoms with Crippen molar-refractivity contribution >= 4 is 5.69 Å². The highest BCUT2D eigenvalue weighted by Gasteiger charge is 1.99. The summed E-state index contributed by atoms with van der Waals surface area (Å²) < 4.78 is 5.94. The Morgan fingerprint density at radius 3 is 1.71 bits per heavy atom. The summed E-state index contributed by atoms with van der Waals surface area (Å²) in [6, 6.07) is 18.7. The molecule has 0 saturated carbocycles. The molecule has 2 aromatic rings. The van der Waals surface area contributed by atoms with Gasteiger partial charge in [0.15, 0.2) is 0 Å². The van der Waals surface area contributed by atoms with Crippen molar-refractivity contribution in [2.45, 2.75) is 129 Å². The summed E-state index contributed by atoms with van der Waals surface area (Å²) in [5, 5.41) is 12.3. The molecule has 0 bridgehead atoms. The van der Waals surface area contributed by atoms with Crippen molar-refractivity contribution in [3.8, 4) is 11.8 Å². The lowest BCUT2D eigenvalue weighted by Gasteiger charge is -2.08. The molecule has 210 valence electrons. The van der Waals surface area contributed by atoms with Gasteiger partial charge >= 0.3 is 0 Å². The van der Waals surface area contributed by atoms with Gasteiger partial charge in [0.05, 0.1) is 18.2 Å². The molecule has 3 heteroatoms. The van der Waals surface area contributed by atoms with Crippen LogP contribution in [0.3, 0.4) is 0 Å². The molecule has 0 aliphatic rings. The highest BCUT2D eigenvalue weighted by atomic mass is 16.5. The van der Waals surface area contributed by atoms with Crippen molar-refractivity contribution in [3.63, 3.8) is 0 Å². The lowest BCUT2D eigenvalue weighted by atomic mass is 10.0. The van der Waals surface area contributed by atoms with Gasteiger partial charge in [-0.3, -0.25) is 0 Å². The maximum atomic E-state index is 8.85. The minimum atomic E-state index is 0.718. The molecule has 0 aliphatic carbocycles. The summed E-state index contributed by atoms with van der Waals surface area (Å²) in [6.45, 7) is 4.14. The smallest absolute Gasteiger partial charge is 0.119 e. The lowest BCUT2D eigenvalue weighted by molar-refractivity contribution is 0.304. The molecule has 0 aromatic heterocycles. The molecule has 0 fully saturated rings. The Morgan fingerprint density at radius 2 is 1.13 bits per heavy atom. The quantitative estimate of drug-likeness (QED) is 0.141. The molecule has 3 nitrogen and oxygen atoms in total. The molecule has 0 spiro atoms. The molecule has 2 rings (SSSR count). The Hall–Kier alpha value is -2.47. The standard InChI is InChI=1S/C35H54N2O/c1-2-3-4-5-6-13-16-19-30-38-35-27-23-32(24-28-35)20-17-14-11-9-7-8-10-12-15-18-29-37-34-25-21-33(31-36)22-26-34/h21-28,37H,2-20,29-30H2,1H3. The predicted molar refractivity (Wildman–Crippen MR) is 164 cm³/mol. The van der Waals surface area contributed by atoms with Crippen molar-refractivity contribution < 1.29 is 4.74 Å². The zero-order valence-corrected chi connectivity index (χ0v) is 24.3. The van der Waals surface area contributed by atoms with Gasteiger partial charge in [-0.25, -0.2) is 0 Å². The molecule has 0 heterocycles. The van der Waals surface area contributed by atoms with E-state index in [4.69, 9.17) is 10.00 Å². The van der Waals surface area contributed by atoms with Crippen LogP contribution in [0.5, 0.6) is 5.75 Å². The second kappa shape index (κ2) is 22.5. The Bertz CT molecular complexity index is 838. The van der Waals surface area contributed by atoms with Crippen LogP contribution < -0.4 is 10.1 Å². The first kappa shape index (κ1) is 31.7. The second-order valence-corrected chi connectivity index (χ2v) is 10.9. The van der Waals surface area contributed by atoms with E-state index in [2.05, 4.69) is 42.6 Å². The topological polar surface area (TPSA) is 45.0 Å². The van der Waals surface area contributed by atoms with Crippen molar-refractivity contribution in [1.29, 1.82) is 5.26 Å². The zero-order chi connectivity index (χ0) is 26.9. The third-order valence-corrected chi connectivity index (χ3v) is 7.43. The van der Waals surface area contributed by atoms with Gasteiger partial charge in [-0.15, -0.1) is 0 Å². The first-order valence-corrected chi connectivity index (χ1v) is 15.8. The second-order valence-electron chi connectivity index (χ2n) is 10.9. The average Bonchev–Trinajstić information content (AvgIpc) is 2.95. The monoisotopic (exact) mass is 518 g/mol. The van der Waals surface area contributed by atoms with Crippen LogP contribution in [0.15, 0.2) is 48.5 Å². The van der Waals surface area contributed by atoms with E-state index in [1.54, 1.807) is 0 Å². The molecule has 38 heavy (non-hydrogen) atoms. The normalized spacial score (nSPS) is 10.8. The van der Waals surface area contributed by atoms with Gasteiger partial charge in [-0.2, -0.15) is 5.26 Å². The molecule has 0 aliphatic heterocycles. The van der Waals surface area contributed by atoms with Crippen LogP contribution in [0.4, 0.5) is 5.69 Å². The van der Waals surface area contributed by atoms with E-state index in [0.29, 0.717) is 0 Å². The van der Waals surface area contributed by atoms with Gasteiger partial charge in [0.2, 0.25) is 0 Å². The minimum absolute atomic E-state index is 0.718. The van der Waals surface area contributed by atoms with Crippen LogP contribution in [0.25, 0.3) is 0 Å². The van der Waals surface area contributed by atoms with Gasteiger partial charge in [0.25, 0.3) is 0 Å². The number of benzene rings is 2. The summed E-state index contributed by atoms with van der Waals surface area (Å²) in [4.78, 5) is 0.